The number of hydrogen-bond acceptors (Lipinski definition) is 7. The average Bonchev–Trinajstić information content (AvgIpc) is 3.21. The molecule has 0 radical (unpaired) electrons. The molecule has 3 heterocycles. The van der Waals surface area contributed by atoms with Crippen molar-refractivity contribution in [3.63, 3.8) is 0 Å². The summed E-state index contributed by atoms with van der Waals surface area (Å²) >= 11 is 0. The molecule has 9 nitrogen and oxygen atoms in total. The quantitative estimate of drug-likeness (QED) is 0.681. The molecule has 1 aliphatic carbocycles. The van der Waals surface area contributed by atoms with Crippen LogP contribution < -0.4 is 9.47 Å². The fraction of sp³-hybridized carbons (Fsp3) is 0.579. The van der Waals surface area contributed by atoms with Crippen LogP contribution in [0.25, 0.3) is 0 Å². The lowest BCUT2D eigenvalue weighted by molar-refractivity contribution is 0.0782. The molecule has 0 spiro atoms. The number of carbonyl (C=O) groups excluding carboxylic acids is 1. The summed E-state index contributed by atoms with van der Waals surface area (Å²) in [7, 11) is 3.02. The average molecular weight is 387 g/mol. The maximum absolute atomic E-state index is 12.9. The van der Waals surface area contributed by atoms with E-state index in [2.05, 4.69) is 15.3 Å². The Morgan fingerprint density at radius 1 is 1.21 bits per heavy atom. The summed E-state index contributed by atoms with van der Waals surface area (Å²) in [6, 6.07) is 3.45. The van der Waals surface area contributed by atoms with Crippen molar-refractivity contribution in [3.8, 4) is 11.8 Å². The van der Waals surface area contributed by atoms with E-state index in [4.69, 9.17) is 14.2 Å². The smallest absolute Gasteiger partial charge is 0.259 e. The topological polar surface area (TPSA) is 91.6 Å². The van der Waals surface area contributed by atoms with E-state index < -0.39 is 0 Å². The van der Waals surface area contributed by atoms with Crippen molar-refractivity contribution in [1.29, 1.82) is 0 Å². The van der Waals surface area contributed by atoms with Crippen LogP contribution in [0.4, 0.5) is 0 Å². The lowest BCUT2D eigenvalue weighted by Gasteiger charge is -2.18. The minimum Gasteiger partial charge on any atom is -0.481 e. The van der Waals surface area contributed by atoms with Crippen LogP contribution in [-0.2, 0) is 11.3 Å². The van der Waals surface area contributed by atoms with E-state index in [1.54, 1.807) is 17.0 Å². The number of likely N-dealkylation sites (tertiary alicyclic amines) is 1. The van der Waals surface area contributed by atoms with Gasteiger partial charge < -0.3 is 19.1 Å². The highest BCUT2D eigenvalue weighted by atomic mass is 16.5. The third-order valence-corrected chi connectivity index (χ3v) is 5.15. The second kappa shape index (κ2) is 8.14. The fourth-order valence-corrected chi connectivity index (χ4v) is 3.34. The van der Waals surface area contributed by atoms with Crippen LogP contribution in [0, 0.1) is 5.92 Å². The Bertz CT molecular complexity index is 835. The van der Waals surface area contributed by atoms with Crippen LogP contribution in [0.5, 0.6) is 11.8 Å². The van der Waals surface area contributed by atoms with Crippen LogP contribution in [0.3, 0.4) is 0 Å². The lowest BCUT2D eigenvalue weighted by atomic mass is 10.2. The van der Waals surface area contributed by atoms with Crippen LogP contribution in [0.2, 0.25) is 0 Å². The van der Waals surface area contributed by atoms with Crippen molar-refractivity contribution < 1.29 is 19.0 Å². The predicted molar refractivity (Wildman–Crippen MR) is 99.3 cm³/mol. The molecule has 1 saturated carbocycles. The van der Waals surface area contributed by atoms with Gasteiger partial charge >= 0.3 is 0 Å². The molecular weight excluding hydrogens is 362 g/mol. The van der Waals surface area contributed by atoms with Crippen molar-refractivity contribution in [3.05, 3.63) is 29.6 Å². The molecular formula is C19H25N5O4. The summed E-state index contributed by atoms with van der Waals surface area (Å²) in [5.74, 6) is 1.30. The first-order valence-electron chi connectivity index (χ1n) is 9.54. The van der Waals surface area contributed by atoms with E-state index in [1.807, 2.05) is 10.9 Å². The largest absolute Gasteiger partial charge is 0.481 e. The molecule has 28 heavy (non-hydrogen) atoms. The number of rotatable bonds is 8. The first-order valence-corrected chi connectivity index (χ1v) is 9.54. The minimum absolute atomic E-state index is 0.103. The predicted octanol–water partition coefficient (Wildman–Crippen LogP) is 1.70. The molecule has 2 aliphatic rings. The third-order valence-electron chi connectivity index (χ3n) is 5.15. The normalized spacial score (nSPS) is 19.1. The maximum atomic E-state index is 12.9. The van der Waals surface area contributed by atoms with Gasteiger partial charge in [0.15, 0.2) is 0 Å². The first-order chi connectivity index (χ1) is 13.7. The molecule has 2 aromatic rings. The lowest BCUT2D eigenvalue weighted by Crippen LogP contribution is -2.29. The number of aromatic nitrogens is 4. The van der Waals surface area contributed by atoms with Crippen LogP contribution in [0.15, 0.2) is 18.3 Å². The van der Waals surface area contributed by atoms with Gasteiger partial charge in [0.05, 0.1) is 33.1 Å². The SMILES string of the molecule is COc1ccc(C(=O)N2CCC(n3cc(COCC4CC4)nn3)C2)c(OC)n1. The second-order valence-electron chi connectivity index (χ2n) is 7.25. The standard InChI is InChI=1S/C19H25N5O4/c1-26-17-6-5-16(18(20-17)27-2)19(25)23-8-7-15(10-23)24-9-14(21-22-24)12-28-11-13-3-4-13/h5-6,9,13,15H,3-4,7-8,10-12H2,1-2H3. The zero-order valence-electron chi connectivity index (χ0n) is 16.2. The molecule has 1 saturated heterocycles. The molecule has 0 aromatic carbocycles. The van der Waals surface area contributed by atoms with E-state index >= 15 is 0 Å². The molecule has 1 atom stereocenters. The maximum Gasteiger partial charge on any atom is 0.259 e. The monoisotopic (exact) mass is 387 g/mol. The number of pyridine rings is 1. The number of hydrogen-bond donors (Lipinski definition) is 0. The molecule has 1 unspecified atom stereocenters. The van der Waals surface area contributed by atoms with Gasteiger partial charge in [0, 0.05) is 25.8 Å². The van der Waals surface area contributed by atoms with Crippen LogP contribution in [-0.4, -0.2) is 64.7 Å². The Hall–Kier alpha value is -2.68. The second-order valence-corrected chi connectivity index (χ2v) is 7.25. The number of nitrogens with zero attached hydrogens (tertiary/aromatic N) is 5. The number of amides is 1. The Morgan fingerprint density at radius 2 is 2.07 bits per heavy atom. The van der Waals surface area contributed by atoms with Crippen molar-refractivity contribution in [2.45, 2.75) is 31.9 Å². The Kier molecular flexibility index (Phi) is 5.43. The summed E-state index contributed by atoms with van der Waals surface area (Å²) in [5, 5.41) is 8.42. The van der Waals surface area contributed by atoms with Gasteiger partial charge in [-0.2, -0.15) is 4.98 Å². The highest BCUT2D eigenvalue weighted by Gasteiger charge is 2.31. The summed E-state index contributed by atoms with van der Waals surface area (Å²) in [5.41, 5.74) is 1.25. The van der Waals surface area contributed by atoms with Gasteiger partial charge in [0.25, 0.3) is 5.91 Å². The van der Waals surface area contributed by atoms with Crippen molar-refractivity contribution in [2.75, 3.05) is 33.9 Å². The van der Waals surface area contributed by atoms with E-state index in [0.29, 0.717) is 31.1 Å². The molecule has 0 N–H and O–H groups in total. The van der Waals surface area contributed by atoms with E-state index in [-0.39, 0.29) is 17.8 Å². The summed E-state index contributed by atoms with van der Waals surface area (Å²) < 4.78 is 17.9. The van der Waals surface area contributed by atoms with Gasteiger partial charge in [-0.1, -0.05) is 5.21 Å². The molecule has 9 heteroatoms. The molecule has 1 aliphatic heterocycles. The van der Waals surface area contributed by atoms with Crippen LogP contribution >= 0.6 is 0 Å². The Balaban J connectivity index is 1.37. The molecule has 4 rings (SSSR count). The van der Waals surface area contributed by atoms with Gasteiger partial charge in [-0.25, -0.2) is 4.68 Å². The zero-order valence-corrected chi connectivity index (χ0v) is 16.2. The molecule has 0 bridgehead atoms. The van der Waals surface area contributed by atoms with Crippen molar-refractivity contribution in [2.24, 2.45) is 5.92 Å². The van der Waals surface area contributed by atoms with Gasteiger partial charge in [-0.05, 0) is 31.2 Å². The molecule has 2 aromatic heterocycles. The number of ether oxygens (including phenoxy) is 3. The first kappa shape index (κ1) is 18.7. The van der Waals surface area contributed by atoms with E-state index in [0.717, 1.165) is 24.6 Å². The number of carbonyl (C=O) groups is 1. The summed E-state index contributed by atoms with van der Waals surface area (Å²) in [6.07, 6.45) is 5.28. The summed E-state index contributed by atoms with van der Waals surface area (Å²) in [6.45, 7) is 2.50. The molecule has 150 valence electrons. The highest BCUT2D eigenvalue weighted by Crippen LogP contribution is 2.29. The van der Waals surface area contributed by atoms with Crippen LogP contribution in [0.1, 0.15) is 41.4 Å². The fourth-order valence-electron chi connectivity index (χ4n) is 3.34. The van der Waals surface area contributed by atoms with Crippen molar-refractivity contribution >= 4 is 5.91 Å². The van der Waals surface area contributed by atoms with E-state index in [1.165, 1.54) is 27.1 Å². The molecule has 1 amide bonds. The van der Waals surface area contributed by atoms with Gasteiger partial charge in [0.1, 0.15) is 11.3 Å². The highest BCUT2D eigenvalue weighted by molar-refractivity contribution is 5.96. The Labute approximate surface area is 163 Å². The molecule has 2 fully saturated rings. The van der Waals surface area contributed by atoms with Gasteiger partial charge in [-0.3, -0.25) is 4.79 Å². The summed E-state index contributed by atoms with van der Waals surface area (Å²) in [4.78, 5) is 18.9. The van der Waals surface area contributed by atoms with Crippen molar-refractivity contribution in [1.82, 2.24) is 24.9 Å². The van der Waals surface area contributed by atoms with E-state index in [9.17, 15) is 4.79 Å². The Morgan fingerprint density at radius 3 is 2.82 bits per heavy atom. The van der Waals surface area contributed by atoms with Gasteiger partial charge in [0.2, 0.25) is 11.8 Å². The third kappa shape index (κ3) is 4.09. The zero-order chi connectivity index (χ0) is 19.5. The van der Waals surface area contributed by atoms with Gasteiger partial charge in [-0.15, -0.1) is 5.10 Å². The minimum atomic E-state index is -0.109. The number of methoxy groups -OCH3 is 2.